The van der Waals surface area contributed by atoms with Crippen molar-refractivity contribution in [3.05, 3.63) is 34.3 Å². The molecule has 1 aromatic rings. The summed E-state index contributed by atoms with van der Waals surface area (Å²) in [5.41, 5.74) is 0.960. The zero-order valence-corrected chi connectivity index (χ0v) is 9.74. The highest BCUT2D eigenvalue weighted by molar-refractivity contribution is 9.10. The minimum absolute atomic E-state index is 0.0700. The van der Waals surface area contributed by atoms with Crippen LogP contribution >= 0.6 is 15.9 Å². The van der Waals surface area contributed by atoms with E-state index in [0.717, 1.165) is 10.0 Å². The van der Waals surface area contributed by atoms with E-state index in [1.165, 1.54) is 12.2 Å². The maximum absolute atomic E-state index is 11.5. The molecule has 0 atom stereocenters. The molecule has 0 radical (unpaired) electrons. The number of nitrogens with zero attached hydrogens (tertiary/aromatic N) is 1. The Bertz CT molecular complexity index is 328. The van der Waals surface area contributed by atoms with Crippen molar-refractivity contribution in [2.24, 2.45) is 0 Å². The normalized spacial score (nSPS) is 9.93. The maximum Gasteiger partial charge on any atom is 0.250 e. The molecule has 0 aromatic heterocycles. The van der Waals surface area contributed by atoms with Gasteiger partial charge in [0.05, 0.1) is 13.5 Å². The summed E-state index contributed by atoms with van der Waals surface area (Å²) in [4.78, 5) is 16.3. The van der Waals surface area contributed by atoms with Gasteiger partial charge in [-0.05, 0) is 11.6 Å². The summed E-state index contributed by atoms with van der Waals surface area (Å²) in [5.74, 6) is -0.0700. The second-order valence-electron chi connectivity index (χ2n) is 2.84. The number of halogens is 1. The van der Waals surface area contributed by atoms with E-state index in [9.17, 15) is 4.79 Å². The van der Waals surface area contributed by atoms with Crippen molar-refractivity contribution >= 4 is 21.8 Å². The van der Waals surface area contributed by atoms with Gasteiger partial charge >= 0.3 is 0 Å². The molecule has 0 N–H and O–H groups in total. The molecule has 0 fully saturated rings. The first kappa shape index (κ1) is 11.2. The summed E-state index contributed by atoms with van der Waals surface area (Å²) in [5, 5.41) is 1.22. The molecule has 0 saturated heterocycles. The van der Waals surface area contributed by atoms with E-state index < -0.39 is 0 Å². The molecule has 76 valence electrons. The van der Waals surface area contributed by atoms with E-state index in [0.29, 0.717) is 6.42 Å². The highest BCUT2D eigenvalue weighted by Gasteiger charge is 2.10. The second-order valence-corrected chi connectivity index (χ2v) is 3.70. The van der Waals surface area contributed by atoms with Gasteiger partial charge in [-0.2, -0.15) is 0 Å². The molecular formula is C10H12BrNO2. The fraction of sp³-hybridized carbons (Fsp3) is 0.300. The summed E-state index contributed by atoms with van der Waals surface area (Å²) < 4.78 is 0.942. The van der Waals surface area contributed by atoms with Crippen molar-refractivity contribution in [1.29, 1.82) is 0 Å². The smallest absolute Gasteiger partial charge is 0.250 e. The van der Waals surface area contributed by atoms with Gasteiger partial charge in [0.2, 0.25) is 5.91 Å². The molecule has 14 heavy (non-hydrogen) atoms. The average molecular weight is 258 g/mol. The van der Waals surface area contributed by atoms with E-state index in [2.05, 4.69) is 15.9 Å². The van der Waals surface area contributed by atoms with Gasteiger partial charge in [-0.25, -0.2) is 5.06 Å². The van der Waals surface area contributed by atoms with Crippen LogP contribution in [-0.4, -0.2) is 25.1 Å². The third-order valence-electron chi connectivity index (χ3n) is 1.92. The molecule has 0 aliphatic rings. The summed E-state index contributed by atoms with van der Waals surface area (Å²) in [6.07, 6.45) is 0.339. The van der Waals surface area contributed by atoms with Crippen molar-refractivity contribution in [3.63, 3.8) is 0 Å². The number of carbonyl (C=O) groups excluding carboxylic acids is 1. The van der Waals surface area contributed by atoms with Crippen LogP contribution in [-0.2, 0) is 16.1 Å². The van der Waals surface area contributed by atoms with Gasteiger partial charge < -0.3 is 0 Å². The standard InChI is InChI=1S/C10H12BrNO2/c1-12(14-2)10(13)7-8-5-3-4-6-9(8)11/h3-6H,7H2,1-2H3. The van der Waals surface area contributed by atoms with Gasteiger partial charge in [0.15, 0.2) is 0 Å². The Kier molecular flexibility index (Phi) is 4.10. The van der Waals surface area contributed by atoms with Gasteiger partial charge in [0.25, 0.3) is 0 Å². The average Bonchev–Trinajstić information content (AvgIpc) is 2.20. The Labute approximate surface area is 91.7 Å². The minimum Gasteiger partial charge on any atom is -0.275 e. The first-order chi connectivity index (χ1) is 6.65. The largest absolute Gasteiger partial charge is 0.275 e. The zero-order valence-electron chi connectivity index (χ0n) is 8.16. The summed E-state index contributed by atoms with van der Waals surface area (Å²) in [6, 6.07) is 7.64. The lowest BCUT2D eigenvalue weighted by Crippen LogP contribution is -2.27. The first-order valence-electron chi connectivity index (χ1n) is 4.19. The van der Waals surface area contributed by atoms with Crippen molar-refractivity contribution in [1.82, 2.24) is 5.06 Å². The number of hydroxylamine groups is 2. The molecule has 0 heterocycles. The van der Waals surface area contributed by atoms with Crippen LogP contribution in [0.4, 0.5) is 0 Å². The zero-order chi connectivity index (χ0) is 10.6. The van der Waals surface area contributed by atoms with Crippen molar-refractivity contribution in [2.75, 3.05) is 14.2 Å². The number of carbonyl (C=O) groups is 1. The molecular weight excluding hydrogens is 246 g/mol. The number of hydrogen-bond acceptors (Lipinski definition) is 2. The second kappa shape index (κ2) is 5.12. The molecule has 0 spiro atoms. The minimum atomic E-state index is -0.0700. The highest BCUT2D eigenvalue weighted by atomic mass is 79.9. The van der Waals surface area contributed by atoms with E-state index in [-0.39, 0.29) is 5.91 Å². The lowest BCUT2D eigenvalue weighted by atomic mass is 10.1. The van der Waals surface area contributed by atoms with Crippen LogP contribution in [0.1, 0.15) is 5.56 Å². The highest BCUT2D eigenvalue weighted by Crippen LogP contribution is 2.16. The fourth-order valence-corrected chi connectivity index (χ4v) is 1.44. The van der Waals surface area contributed by atoms with E-state index in [1.807, 2.05) is 24.3 Å². The number of hydrogen-bond donors (Lipinski definition) is 0. The maximum atomic E-state index is 11.5. The Morgan fingerprint density at radius 2 is 2.14 bits per heavy atom. The lowest BCUT2D eigenvalue weighted by molar-refractivity contribution is -0.167. The van der Waals surface area contributed by atoms with Crippen molar-refractivity contribution in [3.8, 4) is 0 Å². The lowest BCUT2D eigenvalue weighted by Gasteiger charge is -2.13. The Morgan fingerprint density at radius 3 is 2.71 bits per heavy atom. The summed E-state index contributed by atoms with van der Waals surface area (Å²) >= 11 is 3.38. The Balaban J connectivity index is 2.70. The third kappa shape index (κ3) is 2.82. The van der Waals surface area contributed by atoms with Crippen LogP contribution < -0.4 is 0 Å². The van der Waals surface area contributed by atoms with Crippen LogP contribution in [0.5, 0.6) is 0 Å². The molecule has 1 amide bonds. The van der Waals surface area contributed by atoms with E-state index in [4.69, 9.17) is 4.84 Å². The molecule has 3 nitrogen and oxygen atoms in total. The Hall–Kier alpha value is -0.870. The van der Waals surface area contributed by atoms with Crippen LogP contribution in [0.3, 0.4) is 0 Å². The van der Waals surface area contributed by atoms with Crippen LogP contribution in [0.25, 0.3) is 0 Å². The van der Waals surface area contributed by atoms with Crippen molar-refractivity contribution < 1.29 is 9.63 Å². The number of rotatable bonds is 3. The molecule has 0 bridgehead atoms. The van der Waals surface area contributed by atoms with Gasteiger partial charge in [0, 0.05) is 11.5 Å². The molecule has 4 heteroatoms. The van der Waals surface area contributed by atoms with Crippen LogP contribution in [0.15, 0.2) is 28.7 Å². The molecule has 0 aliphatic carbocycles. The molecule has 1 aromatic carbocycles. The van der Waals surface area contributed by atoms with Crippen LogP contribution in [0, 0.1) is 0 Å². The monoisotopic (exact) mass is 257 g/mol. The van der Waals surface area contributed by atoms with Crippen molar-refractivity contribution in [2.45, 2.75) is 6.42 Å². The third-order valence-corrected chi connectivity index (χ3v) is 2.70. The molecule has 0 unspecified atom stereocenters. The number of likely N-dealkylation sites (N-methyl/N-ethyl adjacent to an activating group) is 1. The molecule has 1 rings (SSSR count). The fourth-order valence-electron chi connectivity index (χ4n) is 1.02. The predicted molar refractivity (Wildman–Crippen MR) is 57.6 cm³/mol. The number of amides is 1. The van der Waals surface area contributed by atoms with Gasteiger partial charge in [-0.15, -0.1) is 0 Å². The van der Waals surface area contributed by atoms with Gasteiger partial charge in [0.1, 0.15) is 0 Å². The molecule has 0 saturated carbocycles. The van der Waals surface area contributed by atoms with E-state index in [1.54, 1.807) is 7.05 Å². The molecule has 0 aliphatic heterocycles. The van der Waals surface area contributed by atoms with Gasteiger partial charge in [-0.3, -0.25) is 9.63 Å². The summed E-state index contributed by atoms with van der Waals surface area (Å²) in [7, 11) is 3.07. The number of benzene rings is 1. The quantitative estimate of drug-likeness (QED) is 0.776. The van der Waals surface area contributed by atoms with Gasteiger partial charge in [-0.1, -0.05) is 34.1 Å². The predicted octanol–water partition coefficient (Wildman–Crippen LogP) is 2.01. The summed E-state index contributed by atoms with van der Waals surface area (Å²) in [6.45, 7) is 0. The first-order valence-corrected chi connectivity index (χ1v) is 4.98. The Morgan fingerprint density at radius 1 is 1.50 bits per heavy atom. The SMILES string of the molecule is CON(C)C(=O)Cc1ccccc1Br. The van der Waals surface area contributed by atoms with E-state index >= 15 is 0 Å². The van der Waals surface area contributed by atoms with Crippen LogP contribution in [0.2, 0.25) is 0 Å². The topological polar surface area (TPSA) is 29.5 Å².